The highest BCUT2D eigenvalue weighted by Gasteiger charge is 2.58. The average molecular weight is 717 g/mol. The molecule has 0 saturated heterocycles. The molecule has 9 nitrogen and oxygen atoms in total. The largest absolute Gasteiger partial charge is 0.494 e. The van der Waals surface area contributed by atoms with Crippen molar-refractivity contribution < 1.29 is 50.5 Å². The van der Waals surface area contributed by atoms with Crippen LogP contribution in [0.3, 0.4) is 0 Å². The number of primary amides is 1. The molecule has 2 aromatic carbocycles. The molecule has 2 amide bonds. The Morgan fingerprint density at radius 2 is 1.75 bits per heavy atom. The fourth-order valence-corrected chi connectivity index (χ4v) is 5.59. The number of alkyl halides is 6. The van der Waals surface area contributed by atoms with E-state index in [9.17, 15) is 41.0 Å². The Kier molecular flexibility index (Phi) is 8.72. The number of pyridine rings is 2. The van der Waals surface area contributed by atoms with Gasteiger partial charge < -0.3 is 25.6 Å². The summed E-state index contributed by atoms with van der Waals surface area (Å²) >= 11 is 12.0. The number of ether oxygens (including phenoxy) is 2. The minimum absolute atomic E-state index is 0.120. The summed E-state index contributed by atoms with van der Waals surface area (Å²) in [5.74, 6) is -2.20. The second-order valence-electron chi connectivity index (χ2n) is 11.3. The number of aliphatic hydroxyl groups is 1. The molecule has 254 valence electrons. The molecule has 0 bridgehead atoms. The number of nitrogens with two attached hydrogens (primary N) is 1. The van der Waals surface area contributed by atoms with Crippen LogP contribution in [0.25, 0.3) is 22.2 Å². The van der Waals surface area contributed by atoms with Crippen LogP contribution in [0.2, 0.25) is 10.0 Å². The van der Waals surface area contributed by atoms with Crippen LogP contribution in [-0.2, 0) is 22.0 Å². The molecule has 4 N–H and O–H groups in total. The van der Waals surface area contributed by atoms with Crippen molar-refractivity contribution in [2.24, 2.45) is 5.73 Å². The molecule has 5 rings (SSSR count). The van der Waals surface area contributed by atoms with E-state index in [2.05, 4.69) is 15.3 Å². The third kappa shape index (κ3) is 5.94. The maximum Gasteiger partial charge on any atom is 0.424 e. The van der Waals surface area contributed by atoms with E-state index in [4.69, 9.17) is 38.4 Å². The van der Waals surface area contributed by atoms with Gasteiger partial charge in [-0.2, -0.15) is 26.3 Å². The predicted molar refractivity (Wildman–Crippen MR) is 162 cm³/mol. The number of carbonyl (C=O) groups is 2. The van der Waals surface area contributed by atoms with E-state index in [0.717, 1.165) is 18.2 Å². The SMILES string of the molecule is COc1cc(C(=O)NC[C@](O)(c2cc3c(c(-c4ccc(C(F)(F)F)c(Cl)c4)n2)OC[C@]3(C)C(N)=O)C(F)(F)F)cc2cc(Cl)c(C)nc12. The summed E-state index contributed by atoms with van der Waals surface area (Å²) in [6.07, 6.45) is -10.4. The van der Waals surface area contributed by atoms with Gasteiger partial charge in [0.1, 0.15) is 34.7 Å². The number of halogens is 8. The number of aryl methyl sites for hydroxylation is 1. The lowest BCUT2D eigenvalue weighted by Gasteiger charge is -2.31. The highest BCUT2D eigenvalue weighted by atomic mass is 35.5. The molecule has 2 aromatic heterocycles. The summed E-state index contributed by atoms with van der Waals surface area (Å²) in [6, 6.07) is 7.11. The van der Waals surface area contributed by atoms with Crippen LogP contribution >= 0.6 is 23.2 Å². The van der Waals surface area contributed by atoms with E-state index in [-0.39, 0.29) is 33.2 Å². The lowest BCUT2D eigenvalue weighted by Crippen LogP contribution is -2.51. The zero-order valence-electron chi connectivity index (χ0n) is 25.0. The number of amides is 2. The van der Waals surface area contributed by atoms with Gasteiger partial charge in [-0.05, 0) is 50.2 Å². The maximum atomic E-state index is 14.8. The highest BCUT2D eigenvalue weighted by molar-refractivity contribution is 6.32. The molecule has 0 fully saturated rings. The first kappa shape index (κ1) is 35.0. The second-order valence-corrected chi connectivity index (χ2v) is 12.1. The number of nitrogens with zero attached hydrogens (tertiary/aromatic N) is 2. The number of methoxy groups -OCH3 is 1. The van der Waals surface area contributed by atoms with Crippen LogP contribution in [0, 0.1) is 6.92 Å². The highest BCUT2D eigenvalue weighted by Crippen LogP contribution is 2.48. The number of fused-ring (bicyclic) bond motifs is 2. The van der Waals surface area contributed by atoms with Crippen molar-refractivity contribution in [3.63, 3.8) is 0 Å². The van der Waals surface area contributed by atoms with Crippen LogP contribution in [0.4, 0.5) is 26.3 Å². The molecule has 17 heteroatoms. The fourth-order valence-electron chi connectivity index (χ4n) is 5.14. The normalized spacial score (nSPS) is 17.4. The van der Waals surface area contributed by atoms with Crippen molar-refractivity contribution >= 4 is 45.9 Å². The first-order chi connectivity index (χ1) is 22.2. The van der Waals surface area contributed by atoms with Gasteiger partial charge in [0.15, 0.2) is 0 Å². The Labute approximate surface area is 278 Å². The Morgan fingerprint density at radius 1 is 1.06 bits per heavy atom. The van der Waals surface area contributed by atoms with Gasteiger partial charge in [-0.15, -0.1) is 0 Å². The first-order valence-corrected chi connectivity index (χ1v) is 14.5. The van der Waals surface area contributed by atoms with Gasteiger partial charge in [0, 0.05) is 22.1 Å². The smallest absolute Gasteiger partial charge is 0.424 e. The van der Waals surface area contributed by atoms with Gasteiger partial charge in [0.2, 0.25) is 11.5 Å². The summed E-state index contributed by atoms with van der Waals surface area (Å²) in [7, 11) is 1.30. The van der Waals surface area contributed by atoms with Crippen molar-refractivity contribution in [1.82, 2.24) is 15.3 Å². The van der Waals surface area contributed by atoms with Gasteiger partial charge in [-0.3, -0.25) is 9.59 Å². The molecule has 48 heavy (non-hydrogen) atoms. The summed E-state index contributed by atoms with van der Waals surface area (Å²) in [6.45, 7) is 0.977. The Hall–Kier alpha value is -4.34. The quantitative estimate of drug-likeness (QED) is 0.192. The molecule has 0 radical (unpaired) electrons. The number of benzene rings is 2. The topological polar surface area (TPSA) is 137 Å². The lowest BCUT2D eigenvalue weighted by atomic mass is 9.81. The number of hydrogen-bond acceptors (Lipinski definition) is 7. The maximum absolute atomic E-state index is 14.8. The van der Waals surface area contributed by atoms with Crippen molar-refractivity contribution in [3.05, 3.63) is 80.6 Å². The first-order valence-electron chi connectivity index (χ1n) is 13.8. The van der Waals surface area contributed by atoms with E-state index in [1.54, 1.807) is 6.92 Å². The summed E-state index contributed by atoms with van der Waals surface area (Å²) in [5, 5.41) is 13.1. The lowest BCUT2D eigenvalue weighted by molar-refractivity contribution is -0.265. The van der Waals surface area contributed by atoms with Gasteiger partial charge in [-0.1, -0.05) is 29.3 Å². The van der Waals surface area contributed by atoms with Crippen molar-refractivity contribution in [2.45, 2.75) is 37.2 Å². The van der Waals surface area contributed by atoms with E-state index >= 15 is 0 Å². The van der Waals surface area contributed by atoms with Crippen molar-refractivity contribution in [3.8, 4) is 22.8 Å². The van der Waals surface area contributed by atoms with E-state index in [0.29, 0.717) is 22.7 Å². The fraction of sp³-hybridized carbons (Fsp3) is 0.290. The van der Waals surface area contributed by atoms with Crippen LogP contribution in [0.15, 0.2) is 42.5 Å². The van der Waals surface area contributed by atoms with Gasteiger partial charge in [0.05, 0.1) is 40.7 Å². The molecule has 0 saturated carbocycles. The van der Waals surface area contributed by atoms with E-state index in [1.807, 2.05) is 0 Å². The van der Waals surface area contributed by atoms with Gasteiger partial charge in [0.25, 0.3) is 5.91 Å². The zero-order chi connectivity index (χ0) is 35.6. The monoisotopic (exact) mass is 716 g/mol. The number of aromatic nitrogens is 2. The van der Waals surface area contributed by atoms with Crippen molar-refractivity contribution in [2.75, 3.05) is 20.3 Å². The van der Waals surface area contributed by atoms with Crippen molar-refractivity contribution in [1.29, 1.82) is 0 Å². The Morgan fingerprint density at radius 3 is 2.33 bits per heavy atom. The van der Waals surface area contributed by atoms with E-state index < -0.39 is 70.3 Å². The average Bonchev–Trinajstić information content (AvgIpc) is 3.35. The predicted octanol–water partition coefficient (Wildman–Crippen LogP) is 6.25. The summed E-state index contributed by atoms with van der Waals surface area (Å²) < 4.78 is 95.4. The number of carbonyl (C=O) groups excluding carboxylic acids is 2. The minimum atomic E-state index is -5.50. The van der Waals surface area contributed by atoms with Gasteiger partial charge in [-0.25, -0.2) is 9.97 Å². The van der Waals surface area contributed by atoms with Gasteiger partial charge >= 0.3 is 12.4 Å². The molecule has 0 spiro atoms. The molecule has 3 heterocycles. The van der Waals surface area contributed by atoms with Crippen LogP contribution in [0.1, 0.15) is 39.8 Å². The molecular formula is C31H24Cl2F6N4O5. The second kappa shape index (κ2) is 12.0. The third-order valence-electron chi connectivity index (χ3n) is 8.06. The minimum Gasteiger partial charge on any atom is -0.494 e. The molecule has 2 atom stereocenters. The standard InChI is InChI=1S/C31H24Cl2F6N4O5/c1-13-19(32)8-15-6-16(9-21(47-3)23(15)42-13)26(44)41-11-29(46,31(37,38)39)22-10-18-25(48-12-28(18,2)27(40)45)24(43-22)14-4-5-17(20(33)7-14)30(34,35)36/h4-10,46H,11-12H2,1-3H3,(H2,40,45)(H,41,44)/t28-,29-/m0/s1. The van der Waals surface area contributed by atoms with Crippen LogP contribution in [-0.4, -0.2) is 53.3 Å². The Balaban J connectivity index is 1.62. The number of hydrogen-bond donors (Lipinski definition) is 3. The molecular weight excluding hydrogens is 693 g/mol. The molecule has 0 aliphatic carbocycles. The molecule has 1 aliphatic rings. The van der Waals surface area contributed by atoms with E-state index in [1.165, 1.54) is 32.2 Å². The summed E-state index contributed by atoms with van der Waals surface area (Å²) in [5.41, 5.74) is -2.69. The molecule has 1 aliphatic heterocycles. The van der Waals surface area contributed by atoms with Crippen LogP contribution < -0.4 is 20.5 Å². The summed E-state index contributed by atoms with van der Waals surface area (Å²) in [4.78, 5) is 34.0. The Bertz CT molecular complexity index is 1990. The molecule has 0 unspecified atom stereocenters. The van der Waals surface area contributed by atoms with Crippen LogP contribution in [0.5, 0.6) is 11.5 Å². The molecule has 4 aromatic rings. The number of nitrogens with one attached hydrogen (secondary N) is 1. The zero-order valence-corrected chi connectivity index (χ0v) is 26.5. The number of rotatable bonds is 7. The third-order valence-corrected chi connectivity index (χ3v) is 8.75.